The molecule has 1 fully saturated rings. The van der Waals surface area contributed by atoms with E-state index in [0.717, 1.165) is 18.0 Å². The standard InChI is InChI=1S/C7H13NOS.ClH/c1-8-5-3-4-6(8)7(10)9-2;/h6H,3-5H2,1-2H3;1H/t6-;/m0./s1. The lowest BCUT2D eigenvalue weighted by Crippen LogP contribution is -2.32. The van der Waals surface area contributed by atoms with Crippen LogP contribution in [0.15, 0.2) is 0 Å². The van der Waals surface area contributed by atoms with Crippen molar-refractivity contribution in [2.24, 2.45) is 0 Å². The maximum atomic E-state index is 5.03. The molecule has 66 valence electrons. The molecule has 0 aromatic rings. The Morgan fingerprint density at radius 2 is 2.27 bits per heavy atom. The minimum absolute atomic E-state index is 0. The van der Waals surface area contributed by atoms with Crippen LogP contribution in [0.1, 0.15) is 12.8 Å². The average Bonchev–Trinajstić information content (AvgIpc) is 2.34. The summed E-state index contributed by atoms with van der Waals surface area (Å²) in [5.74, 6) is 0. The van der Waals surface area contributed by atoms with E-state index in [2.05, 4.69) is 11.9 Å². The normalized spacial score (nSPS) is 24.4. The molecule has 0 aliphatic carbocycles. The Bertz CT molecular complexity index is 142. The summed E-state index contributed by atoms with van der Waals surface area (Å²) < 4.78 is 4.99. The van der Waals surface area contributed by atoms with Gasteiger partial charge in [0.15, 0.2) is 5.05 Å². The van der Waals surface area contributed by atoms with Gasteiger partial charge in [-0.15, -0.1) is 12.4 Å². The Kier molecular flexibility index (Phi) is 4.97. The van der Waals surface area contributed by atoms with Crippen LogP contribution >= 0.6 is 24.6 Å². The van der Waals surface area contributed by atoms with Crippen LogP contribution in [-0.4, -0.2) is 36.7 Å². The van der Waals surface area contributed by atoms with Crippen LogP contribution < -0.4 is 0 Å². The van der Waals surface area contributed by atoms with Crippen LogP contribution in [-0.2, 0) is 4.74 Å². The van der Waals surface area contributed by atoms with Crippen molar-refractivity contribution in [3.63, 3.8) is 0 Å². The lowest BCUT2D eigenvalue weighted by atomic mass is 10.2. The monoisotopic (exact) mass is 195 g/mol. The maximum absolute atomic E-state index is 5.03. The lowest BCUT2D eigenvalue weighted by Gasteiger charge is -2.18. The predicted molar refractivity (Wildman–Crippen MR) is 52.5 cm³/mol. The number of likely N-dealkylation sites (tertiary alicyclic amines) is 1. The summed E-state index contributed by atoms with van der Waals surface area (Å²) in [6, 6.07) is 0.389. The van der Waals surface area contributed by atoms with Crippen LogP contribution in [0.3, 0.4) is 0 Å². The first kappa shape index (κ1) is 11.1. The molecule has 1 atom stereocenters. The predicted octanol–water partition coefficient (Wildman–Crippen LogP) is 1.48. The first-order valence-corrected chi connectivity index (χ1v) is 3.94. The van der Waals surface area contributed by atoms with Gasteiger partial charge in [0, 0.05) is 0 Å². The molecule has 1 heterocycles. The Hall–Kier alpha value is 0.140. The summed E-state index contributed by atoms with van der Waals surface area (Å²) >= 11 is 5.03. The average molecular weight is 196 g/mol. The highest BCUT2D eigenvalue weighted by Gasteiger charge is 2.24. The molecule has 1 aliphatic rings. The van der Waals surface area contributed by atoms with Crippen LogP contribution in [0, 0.1) is 0 Å². The smallest absolute Gasteiger partial charge is 0.176 e. The van der Waals surface area contributed by atoms with Gasteiger partial charge in [0.05, 0.1) is 13.2 Å². The molecule has 1 rings (SSSR count). The molecule has 0 spiro atoms. The van der Waals surface area contributed by atoms with E-state index in [4.69, 9.17) is 17.0 Å². The number of hydrogen-bond acceptors (Lipinski definition) is 3. The van der Waals surface area contributed by atoms with E-state index in [-0.39, 0.29) is 12.4 Å². The molecular weight excluding hydrogens is 182 g/mol. The Morgan fingerprint density at radius 1 is 1.64 bits per heavy atom. The number of thiocarbonyl (C=S) groups is 1. The molecule has 1 aliphatic heterocycles. The van der Waals surface area contributed by atoms with Crippen molar-refractivity contribution in [1.82, 2.24) is 4.90 Å². The zero-order valence-electron chi connectivity index (χ0n) is 6.87. The second-order valence-corrected chi connectivity index (χ2v) is 3.06. The summed E-state index contributed by atoms with van der Waals surface area (Å²) in [4.78, 5) is 2.24. The van der Waals surface area contributed by atoms with Gasteiger partial charge in [0.2, 0.25) is 0 Å². The van der Waals surface area contributed by atoms with E-state index in [9.17, 15) is 0 Å². The second kappa shape index (κ2) is 4.91. The van der Waals surface area contributed by atoms with Gasteiger partial charge in [0.25, 0.3) is 0 Å². The fraction of sp³-hybridized carbons (Fsp3) is 0.857. The third-order valence-electron chi connectivity index (χ3n) is 1.99. The largest absolute Gasteiger partial charge is 0.489 e. The van der Waals surface area contributed by atoms with Gasteiger partial charge in [-0.3, -0.25) is 4.90 Å². The number of hydrogen-bond donors (Lipinski definition) is 0. The number of rotatable bonds is 1. The first-order chi connectivity index (χ1) is 4.75. The zero-order valence-corrected chi connectivity index (χ0v) is 8.50. The van der Waals surface area contributed by atoms with Gasteiger partial charge in [-0.05, 0) is 38.7 Å². The van der Waals surface area contributed by atoms with E-state index in [1.165, 1.54) is 6.42 Å². The van der Waals surface area contributed by atoms with Crippen molar-refractivity contribution in [1.29, 1.82) is 0 Å². The van der Waals surface area contributed by atoms with Crippen molar-refractivity contribution >= 4 is 29.7 Å². The van der Waals surface area contributed by atoms with E-state index >= 15 is 0 Å². The van der Waals surface area contributed by atoms with Crippen molar-refractivity contribution in [2.45, 2.75) is 18.9 Å². The molecule has 11 heavy (non-hydrogen) atoms. The highest BCUT2D eigenvalue weighted by atomic mass is 35.5. The lowest BCUT2D eigenvalue weighted by molar-refractivity contribution is 0.313. The van der Waals surface area contributed by atoms with Gasteiger partial charge >= 0.3 is 0 Å². The summed E-state index contributed by atoms with van der Waals surface area (Å²) in [5.41, 5.74) is 0. The van der Waals surface area contributed by atoms with Gasteiger partial charge < -0.3 is 4.74 Å². The van der Waals surface area contributed by atoms with Crippen LogP contribution in [0.4, 0.5) is 0 Å². The van der Waals surface area contributed by atoms with Crippen molar-refractivity contribution in [2.75, 3.05) is 20.7 Å². The maximum Gasteiger partial charge on any atom is 0.176 e. The number of methoxy groups -OCH3 is 1. The summed E-state index contributed by atoms with van der Waals surface area (Å²) in [6.07, 6.45) is 2.40. The quantitative estimate of drug-likeness (QED) is 0.589. The fourth-order valence-corrected chi connectivity index (χ4v) is 1.64. The second-order valence-electron chi connectivity index (χ2n) is 2.66. The Balaban J connectivity index is 0.000001000. The van der Waals surface area contributed by atoms with E-state index in [1.807, 2.05) is 0 Å². The van der Waals surface area contributed by atoms with Crippen molar-refractivity contribution < 1.29 is 4.74 Å². The number of ether oxygens (including phenoxy) is 1. The number of likely N-dealkylation sites (N-methyl/N-ethyl adjacent to an activating group) is 1. The third-order valence-corrected chi connectivity index (χ3v) is 2.43. The molecule has 0 N–H and O–H groups in total. The van der Waals surface area contributed by atoms with Crippen LogP contribution in [0.5, 0.6) is 0 Å². The molecule has 0 saturated carbocycles. The van der Waals surface area contributed by atoms with E-state index in [1.54, 1.807) is 7.11 Å². The Morgan fingerprint density at radius 3 is 2.64 bits per heavy atom. The van der Waals surface area contributed by atoms with Gasteiger partial charge in [-0.25, -0.2) is 0 Å². The van der Waals surface area contributed by atoms with Crippen LogP contribution in [0.2, 0.25) is 0 Å². The first-order valence-electron chi connectivity index (χ1n) is 3.54. The molecule has 4 heteroatoms. The summed E-state index contributed by atoms with van der Waals surface area (Å²) in [7, 11) is 3.73. The van der Waals surface area contributed by atoms with Crippen molar-refractivity contribution in [3.8, 4) is 0 Å². The molecule has 1 saturated heterocycles. The minimum atomic E-state index is 0. The van der Waals surface area contributed by atoms with Crippen molar-refractivity contribution in [3.05, 3.63) is 0 Å². The van der Waals surface area contributed by atoms with Gasteiger partial charge in [-0.1, -0.05) is 0 Å². The molecule has 2 nitrogen and oxygen atoms in total. The molecular formula is C7H14ClNOS. The van der Waals surface area contributed by atoms with E-state index in [0.29, 0.717) is 6.04 Å². The van der Waals surface area contributed by atoms with Crippen LogP contribution in [0.25, 0.3) is 0 Å². The number of nitrogens with zero attached hydrogens (tertiary/aromatic N) is 1. The molecule has 0 aromatic heterocycles. The van der Waals surface area contributed by atoms with Gasteiger partial charge in [-0.2, -0.15) is 0 Å². The zero-order chi connectivity index (χ0) is 7.56. The van der Waals surface area contributed by atoms with E-state index < -0.39 is 0 Å². The summed E-state index contributed by atoms with van der Waals surface area (Å²) in [5, 5.41) is 0.736. The molecule has 0 unspecified atom stereocenters. The molecule has 0 aromatic carbocycles. The SMILES string of the molecule is COC(=S)[C@@H]1CCCN1C.Cl. The number of halogens is 1. The highest BCUT2D eigenvalue weighted by molar-refractivity contribution is 7.80. The fourth-order valence-electron chi connectivity index (χ4n) is 1.34. The highest BCUT2D eigenvalue weighted by Crippen LogP contribution is 2.16. The molecule has 0 bridgehead atoms. The topological polar surface area (TPSA) is 12.5 Å². The minimum Gasteiger partial charge on any atom is -0.489 e. The van der Waals surface area contributed by atoms with Gasteiger partial charge in [0.1, 0.15) is 0 Å². The Labute approximate surface area is 79.3 Å². The third kappa shape index (κ3) is 2.58. The molecule has 0 amide bonds. The molecule has 0 radical (unpaired) electrons. The summed E-state index contributed by atoms with van der Waals surface area (Å²) in [6.45, 7) is 1.15.